The highest BCUT2D eigenvalue weighted by molar-refractivity contribution is 5.91. The van der Waals surface area contributed by atoms with E-state index in [0.29, 0.717) is 11.0 Å². The largest absolute Gasteiger partial charge is 0.346 e. The van der Waals surface area contributed by atoms with Gasteiger partial charge in [-0.15, -0.1) is 10.2 Å². The average molecular weight is 340 g/mol. The molecule has 0 atom stereocenters. The minimum absolute atomic E-state index is 0.246. The number of hydrogen-bond donors (Lipinski definition) is 0. The van der Waals surface area contributed by atoms with Gasteiger partial charge < -0.3 is 9.68 Å². The Morgan fingerprint density at radius 2 is 1.32 bits per heavy atom. The van der Waals surface area contributed by atoms with E-state index in [-0.39, 0.29) is 11.3 Å². The number of carbonyl (C=O) groups is 2. The summed E-state index contributed by atoms with van der Waals surface area (Å²) in [6.07, 6.45) is 2.31. The maximum absolute atomic E-state index is 11.9. The minimum Gasteiger partial charge on any atom is -0.315 e. The fourth-order valence-corrected chi connectivity index (χ4v) is 1.99. The molecule has 4 rings (SSSR count). The molecule has 25 heavy (non-hydrogen) atoms. The number of pyridine rings is 2. The number of fused-ring (bicyclic) bond motifs is 2. The van der Waals surface area contributed by atoms with Gasteiger partial charge in [0.05, 0.1) is 0 Å². The summed E-state index contributed by atoms with van der Waals surface area (Å²) in [7, 11) is 0. The van der Waals surface area contributed by atoms with E-state index >= 15 is 0 Å². The fourth-order valence-electron chi connectivity index (χ4n) is 1.99. The summed E-state index contributed by atoms with van der Waals surface area (Å²) in [4.78, 5) is 43.2. The predicted molar refractivity (Wildman–Crippen MR) is 78.4 cm³/mol. The molecule has 0 fully saturated rings. The molecule has 4 aromatic heterocycles. The Morgan fingerprint density at radius 3 is 1.80 bits per heavy atom. The Bertz CT molecular complexity index is 1000. The molecule has 0 aliphatic carbocycles. The van der Waals surface area contributed by atoms with E-state index < -0.39 is 18.4 Å². The van der Waals surface area contributed by atoms with E-state index in [9.17, 15) is 9.59 Å². The van der Waals surface area contributed by atoms with Gasteiger partial charge in [-0.1, -0.05) is 0 Å². The van der Waals surface area contributed by atoms with Crippen LogP contribution < -0.4 is 9.68 Å². The molecule has 0 amide bonds. The zero-order chi connectivity index (χ0) is 17.2. The molecule has 0 saturated heterocycles. The molecule has 4 aromatic rings. The van der Waals surface area contributed by atoms with Crippen LogP contribution in [0.5, 0.6) is 0 Å². The second-order valence-corrected chi connectivity index (χ2v) is 4.72. The summed E-state index contributed by atoms with van der Waals surface area (Å²) in [5.74, 6) is -1.81. The SMILES string of the molecule is O=C(CC(=O)On1nnc2cccnc21)On1nnc2cccnc21. The van der Waals surface area contributed by atoms with E-state index in [1.54, 1.807) is 24.3 Å². The zero-order valence-electron chi connectivity index (χ0n) is 12.4. The van der Waals surface area contributed by atoms with Crippen LogP contribution in [0.15, 0.2) is 36.7 Å². The molecule has 0 saturated carbocycles. The van der Waals surface area contributed by atoms with Gasteiger partial charge in [-0.25, -0.2) is 19.6 Å². The molecule has 124 valence electrons. The molecule has 0 bridgehead atoms. The lowest BCUT2D eigenvalue weighted by atomic mass is 10.4. The summed E-state index contributed by atoms with van der Waals surface area (Å²) < 4.78 is 0. The lowest BCUT2D eigenvalue weighted by molar-refractivity contribution is -0.156. The first-order valence-electron chi connectivity index (χ1n) is 6.96. The molecule has 0 N–H and O–H groups in total. The van der Waals surface area contributed by atoms with Crippen molar-refractivity contribution in [3.05, 3.63) is 36.7 Å². The van der Waals surface area contributed by atoms with Crippen molar-refractivity contribution in [3.63, 3.8) is 0 Å². The quantitative estimate of drug-likeness (QED) is 0.334. The van der Waals surface area contributed by atoms with Gasteiger partial charge in [-0.3, -0.25) is 0 Å². The predicted octanol–water partition coefficient (Wildman–Crippen LogP) is -1.03. The van der Waals surface area contributed by atoms with Crippen LogP contribution in [0.4, 0.5) is 0 Å². The molecule has 12 heteroatoms. The monoisotopic (exact) mass is 340 g/mol. The van der Waals surface area contributed by atoms with Gasteiger partial charge in [-0.2, -0.15) is 0 Å². The summed E-state index contributed by atoms with van der Waals surface area (Å²) in [6.45, 7) is 0. The Kier molecular flexibility index (Phi) is 3.46. The van der Waals surface area contributed by atoms with Crippen LogP contribution in [0.1, 0.15) is 6.42 Å². The fraction of sp³-hybridized carbons (Fsp3) is 0.0769. The topological polar surface area (TPSA) is 140 Å². The molecule has 0 spiro atoms. The highest BCUT2D eigenvalue weighted by Crippen LogP contribution is 2.06. The Labute approximate surface area is 137 Å². The molecule has 0 radical (unpaired) electrons. The Hall–Kier alpha value is -3.96. The van der Waals surface area contributed by atoms with Crippen LogP contribution >= 0.6 is 0 Å². The third kappa shape index (κ3) is 2.83. The van der Waals surface area contributed by atoms with Crippen LogP contribution in [0.2, 0.25) is 0 Å². The van der Waals surface area contributed by atoms with E-state index in [4.69, 9.17) is 9.68 Å². The second-order valence-electron chi connectivity index (χ2n) is 4.72. The summed E-state index contributed by atoms with van der Waals surface area (Å²) in [5, 5.41) is 14.8. The Balaban J connectivity index is 1.43. The van der Waals surface area contributed by atoms with Gasteiger partial charge in [0.2, 0.25) is 11.3 Å². The third-order valence-corrected chi connectivity index (χ3v) is 3.03. The Morgan fingerprint density at radius 1 is 0.840 bits per heavy atom. The van der Waals surface area contributed by atoms with Gasteiger partial charge in [0.15, 0.2) is 0 Å². The van der Waals surface area contributed by atoms with E-state index in [0.717, 1.165) is 9.69 Å². The number of hydrogen-bond acceptors (Lipinski definition) is 10. The molecular weight excluding hydrogens is 332 g/mol. The first kappa shape index (κ1) is 14.6. The van der Waals surface area contributed by atoms with Crippen molar-refractivity contribution >= 4 is 34.3 Å². The smallest absolute Gasteiger partial charge is 0.315 e. The van der Waals surface area contributed by atoms with Gasteiger partial charge in [-0.05, 0) is 44.4 Å². The van der Waals surface area contributed by atoms with Crippen molar-refractivity contribution in [2.24, 2.45) is 0 Å². The van der Waals surface area contributed by atoms with Gasteiger partial charge in [0, 0.05) is 12.4 Å². The number of aromatic nitrogens is 8. The first-order chi connectivity index (χ1) is 12.2. The standard InChI is InChI=1S/C13H8N8O4/c22-10(24-20-12-8(16-18-20)3-1-5-14-12)7-11(23)25-21-13-9(17-19-21)4-2-6-15-13/h1-6H,7H2. The van der Waals surface area contributed by atoms with Crippen LogP contribution in [-0.2, 0) is 9.59 Å². The molecule has 0 aliphatic heterocycles. The van der Waals surface area contributed by atoms with Crippen molar-refractivity contribution in [2.75, 3.05) is 0 Å². The van der Waals surface area contributed by atoms with Crippen LogP contribution in [0.3, 0.4) is 0 Å². The van der Waals surface area contributed by atoms with Crippen molar-refractivity contribution < 1.29 is 19.3 Å². The summed E-state index contributed by atoms with van der Waals surface area (Å²) >= 11 is 0. The highest BCUT2D eigenvalue weighted by Gasteiger charge is 2.18. The normalized spacial score (nSPS) is 10.9. The maximum atomic E-state index is 11.9. The highest BCUT2D eigenvalue weighted by atomic mass is 16.7. The van der Waals surface area contributed by atoms with Gasteiger partial charge in [0.1, 0.15) is 17.5 Å². The van der Waals surface area contributed by atoms with E-state index in [1.807, 2.05) is 0 Å². The molecular formula is C13H8N8O4. The van der Waals surface area contributed by atoms with Gasteiger partial charge >= 0.3 is 11.9 Å². The number of nitrogens with zero attached hydrogens (tertiary/aromatic N) is 8. The van der Waals surface area contributed by atoms with Crippen LogP contribution in [-0.4, -0.2) is 52.2 Å². The molecule has 0 aromatic carbocycles. The average Bonchev–Trinajstić information content (AvgIpc) is 3.20. The molecule has 0 unspecified atom stereocenters. The number of carbonyl (C=O) groups excluding carboxylic acids is 2. The van der Waals surface area contributed by atoms with Crippen molar-refractivity contribution in [3.8, 4) is 0 Å². The molecule has 4 heterocycles. The second kappa shape index (κ2) is 5.92. The van der Waals surface area contributed by atoms with Crippen molar-refractivity contribution in [2.45, 2.75) is 6.42 Å². The lowest BCUT2D eigenvalue weighted by Crippen LogP contribution is -2.28. The van der Waals surface area contributed by atoms with Gasteiger partial charge in [0.25, 0.3) is 0 Å². The number of rotatable bonds is 4. The van der Waals surface area contributed by atoms with Crippen LogP contribution in [0, 0.1) is 0 Å². The minimum atomic E-state index is -0.903. The first-order valence-corrected chi connectivity index (χ1v) is 6.96. The third-order valence-electron chi connectivity index (χ3n) is 3.03. The van der Waals surface area contributed by atoms with E-state index in [2.05, 4.69) is 30.6 Å². The van der Waals surface area contributed by atoms with Crippen LogP contribution in [0.25, 0.3) is 22.3 Å². The van der Waals surface area contributed by atoms with Crippen molar-refractivity contribution in [1.29, 1.82) is 0 Å². The lowest BCUT2D eigenvalue weighted by Gasteiger charge is -2.03. The maximum Gasteiger partial charge on any atom is 0.346 e. The summed E-state index contributed by atoms with van der Waals surface area (Å²) in [6, 6.07) is 6.63. The summed E-state index contributed by atoms with van der Waals surface area (Å²) in [5.41, 5.74) is 1.38. The van der Waals surface area contributed by atoms with Crippen molar-refractivity contribution in [1.82, 2.24) is 40.3 Å². The zero-order valence-corrected chi connectivity index (χ0v) is 12.4. The van der Waals surface area contributed by atoms with E-state index in [1.165, 1.54) is 12.4 Å². The molecule has 12 nitrogen and oxygen atoms in total. The molecule has 0 aliphatic rings.